The van der Waals surface area contributed by atoms with Gasteiger partial charge in [0.15, 0.2) is 0 Å². The Labute approximate surface area is 236 Å². The van der Waals surface area contributed by atoms with Gasteiger partial charge in [-0.1, -0.05) is 0 Å². The summed E-state index contributed by atoms with van der Waals surface area (Å²) in [6.07, 6.45) is 4.08. The molecular formula is C30H42N4O6. The summed E-state index contributed by atoms with van der Waals surface area (Å²) in [6, 6.07) is 4.89. The maximum Gasteiger partial charge on any atom is 0.328 e. The molecule has 0 spiro atoms. The molecular weight excluding hydrogens is 512 g/mol. The van der Waals surface area contributed by atoms with Crippen LogP contribution in [0.25, 0.3) is 0 Å². The molecule has 6 aliphatic rings. The first kappa shape index (κ1) is 28.5. The van der Waals surface area contributed by atoms with Gasteiger partial charge in [-0.15, -0.1) is 0 Å². The predicted molar refractivity (Wildman–Crippen MR) is 148 cm³/mol. The number of esters is 2. The van der Waals surface area contributed by atoms with E-state index in [1.807, 2.05) is 0 Å². The molecule has 40 heavy (non-hydrogen) atoms. The molecule has 1 aromatic rings. The second kappa shape index (κ2) is 12.7. The summed E-state index contributed by atoms with van der Waals surface area (Å²) < 4.78 is 10.7. The predicted octanol–water partition coefficient (Wildman–Crippen LogP) is 1.69. The van der Waals surface area contributed by atoms with Crippen LogP contribution >= 0.6 is 0 Å². The van der Waals surface area contributed by atoms with Crippen molar-refractivity contribution >= 4 is 23.8 Å². The fourth-order valence-electron chi connectivity index (χ4n) is 7.14. The molecule has 6 aliphatic heterocycles. The van der Waals surface area contributed by atoms with E-state index in [1.165, 1.54) is 0 Å². The second-order valence-electron chi connectivity index (χ2n) is 11.6. The van der Waals surface area contributed by atoms with Crippen molar-refractivity contribution in [3.8, 4) is 0 Å². The Bertz CT molecular complexity index is 993. The van der Waals surface area contributed by atoms with Crippen molar-refractivity contribution in [2.45, 2.75) is 51.6 Å². The highest BCUT2D eigenvalue weighted by atomic mass is 16.5. The minimum Gasteiger partial charge on any atom is -0.464 e. The maximum atomic E-state index is 13.2. The second-order valence-corrected chi connectivity index (χ2v) is 11.6. The zero-order valence-electron chi connectivity index (χ0n) is 23.6. The maximum absolute atomic E-state index is 13.2. The molecule has 4 bridgehead atoms. The van der Waals surface area contributed by atoms with E-state index in [2.05, 4.69) is 20.4 Å². The number of nitrogens with one attached hydrogen (secondary N) is 2. The normalized spacial score (nSPS) is 30.1. The van der Waals surface area contributed by atoms with Gasteiger partial charge in [-0.05, 0) is 102 Å². The number of ether oxygens (including phenoxy) is 2. The molecule has 0 saturated carbocycles. The summed E-state index contributed by atoms with van der Waals surface area (Å²) in [6.45, 7) is 9.71. The quantitative estimate of drug-likeness (QED) is 0.420. The highest BCUT2D eigenvalue weighted by molar-refractivity contribution is 6.00. The molecule has 218 valence electrons. The van der Waals surface area contributed by atoms with Gasteiger partial charge < -0.3 is 29.9 Å². The Kier molecular flexibility index (Phi) is 9.05. The van der Waals surface area contributed by atoms with E-state index < -0.39 is 24.0 Å². The number of carbonyl (C=O) groups is 4. The number of piperidine rings is 6. The number of hydrogen-bond donors (Lipinski definition) is 2. The van der Waals surface area contributed by atoms with E-state index in [0.717, 1.165) is 65.0 Å². The molecule has 1 aromatic carbocycles. The lowest BCUT2D eigenvalue weighted by Crippen LogP contribution is -2.58. The minimum absolute atomic E-state index is 0.0155. The topological polar surface area (TPSA) is 117 Å². The van der Waals surface area contributed by atoms with Crippen molar-refractivity contribution in [1.82, 2.24) is 20.4 Å². The molecule has 0 aromatic heterocycles. The Balaban J connectivity index is 1.25. The van der Waals surface area contributed by atoms with Crippen molar-refractivity contribution in [3.63, 3.8) is 0 Å². The van der Waals surface area contributed by atoms with Crippen molar-refractivity contribution in [1.29, 1.82) is 0 Å². The summed E-state index contributed by atoms with van der Waals surface area (Å²) in [5, 5.41) is 5.87. The molecule has 0 aliphatic carbocycles. The summed E-state index contributed by atoms with van der Waals surface area (Å²) in [7, 11) is 0. The van der Waals surface area contributed by atoms with Gasteiger partial charge in [0.25, 0.3) is 11.8 Å². The first-order valence-electron chi connectivity index (χ1n) is 14.9. The van der Waals surface area contributed by atoms with E-state index in [0.29, 0.717) is 23.0 Å². The van der Waals surface area contributed by atoms with Crippen molar-refractivity contribution in [3.05, 3.63) is 35.4 Å². The number of benzene rings is 1. The lowest BCUT2D eigenvalue weighted by atomic mass is 9.75. The van der Waals surface area contributed by atoms with Gasteiger partial charge in [-0.2, -0.15) is 0 Å². The van der Waals surface area contributed by atoms with Crippen LogP contribution in [0.2, 0.25) is 0 Å². The van der Waals surface area contributed by atoms with Gasteiger partial charge in [-0.25, -0.2) is 9.59 Å². The van der Waals surface area contributed by atoms with E-state index in [1.54, 1.807) is 38.1 Å². The number of carbonyl (C=O) groups excluding carboxylic acids is 4. The van der Waals surface area contributed by atoms with Crippen LogP contribution in [-0.4, -0.2) is 98.1 Å². The largest absolute Gasteiger partial charge is 0.464 e. The summed E-state index contributed by atoms with van der Waals surface area (Å²) in [5.41, 5.74) is 0.706. The third-order valence-electron chi connectivity index (χ3n) is 9.33. The Morgan fingerprint density at radius 2 is 1.05 bits per heavy atom. The van der Waals surface area contributed by atoms with E-state index >= 15 is 0 Å². The van der Waals surface area contributed by atoms with Crippen LogP contribution in [0.3, 0.4) is 0 Å². The standard InChI is InChI=1S/C30H42N4O6/c1-3-39-29(37)25(23-17-33-13-9-19(23)10-14-33)31-27(35)21-5-7-22(8-6-21)28(36)32-26(30(38)40-4-2)24-18-34-15-11-20(24)12-16-34/h5-8,19-20,23-26H,3-4,9-18H2,1-2H3,(H,31,35)(H,32,36). The molecule has 6 fully saturated rings. The molecule has 10 heteroatoms. The lowest BCUT2D eigenvalue weighted by Gasteiger charge is -2.47. The average Bonchev–Trinajstić information content (AvgIpc) is 2.99. The van der Waals surface area contributed by atoms with Crippen LogP contribution in [-0.2, 0) is 19.1 Å². The minimum atomic E-state index is -0.713. The smallest absolute Gasteiger partial charge is 0.328 e. The highest BCUT2D eigenvalue weighted by Crippen LogP contribution is 2.36. The fourth-order valence-corrected chi connectivity index (χ4v) is 7.14. The molecule has 6 heterocycles. The Hall–Kier alpha value is -2.98. The van der Waals surface area contributed by atoms with Gasteiger partial charge in [0.2, 0.25) is 0 Å². The summed E-state index contributed by atoms with van der Waals surface area (Å²) >= 11 is 0. The molecule has 10 nitrogen and oxygen atoms in total. The van der Waals surface area contributed by atoms with E-state index in [9.17, 15) is 19.2 Å². The summed E-state index contributed by atoms with van der Waals surface area (Å²) in [5.74, 6) is -0.755. The van der Waals surface area contributed by atoms with Crippen LogP contribution in [0.4, 0.5) is 0 Å². The number of rotatable bonds is 10. The van der Waals surface area contributed by atoms with Crippen LogP contribution in [0.5, 0.6) is 0 Å². The highest BCUT2D eigenvalue weighted by Gasteiger charge is 2.44. The SMILES string of the molecule is CCOC(=O)C(NC(=O)c1ccc(C(=O)NC(C(=O)OCC)C2CN3CCC2CC3)cc1)C1CN2CCC1CC2. The zero-order valence-corrected chi connectivity index (χ0v) is 23.6. The van der Waals surface area contributed by atoms with Crippen molar-refractivity contribution in [2.75, 3.05) is 52.5 Å². The fraction of sp³-hybridized carbons (Fsp3) is 0.667. The molecule has 2 N–H and O–H groups in total. The molecule has 2 amide bonds. The van der Waals surface area contributed by atoms with Crippen LogP contribution in [0, 0.1) is 23.7 Å². The van der Waals surface area contributed by atoms with Gasteiger partial charge in [0.05, 0.1) is 13.2 Å². The number of hydrogen-bond acceptors (Lipinski definition) is 8. The van der Waals surface area contributed by atoms with Crippen LogP contribution in [0.15, 0.2) is 24.3 Å². The van der Waals surface area contributed by atoms with Gasteiger partial charge in [0.1, 0.15) is 12.1 Å². The number of fused-ring (bicyclic) bond motifs is 6. The molecule has 0 radical (unpaired) electrons. The number of amides is 2. The first-order chi connectivity index (χ1) is 19.4. The molecule has 6 saturated heterocycles. The van der Waals surface area contributed by atoms with Gasteiger partial charge >= 0.3 is 11.9 Å². The number of nitrogens with zero attached hydrogens (tertiary/aromatic N) is 2. The first-order valence-corrected chi connectivity index (χ1v) is 14.9. The van der Waals surface area contributed by atoms with Gasteiger partial charge in [-0.3, -0.25) is 9.59 Å². The summed E-state index contributed by atoms with van der Waals surface area (Å²) in [4.78, 5) is 56.8. The Morgan fingerprint density at radius 3 is 1.32 bits per heavy atom. The van der Waals surface area contributed by atoms with E-state index in [4.69, 9.17) is 9.47 Å². The van der Waals surface area contributed by atoms with Gasteiger partial charge in [0, 0.05) is 36.1 Å². The molecule has 4 atom stereocenters. The van der Waals surface area contributed by atoms with Crippen molar-refractivity contribution < 1.29 is 28.7 Å². The average molecular weight is 555 g/mol. The third-order valence-corrected chi connectivity index (χ3v) is 9.33. The van der Waals surface area contributed by atoms with Crippen LogP contribution < -0.4 is 10.6 Å². The third kappa shape index (κ3) is 6.17. The molecule has 4 unspecified atom stereocenters. The molecule has 7 rings (SSSR count). The van der Waals surface area contributed by atoms with Crippen LogP contribution in [0.1, 0.15) is 60.2 Å². The lowest BCUT2D eigenvalue weighted by molar-refractivity contribution is -0.150. The van der Waals surface area contributed by atoms with Crippen molar-refractivity contribution in [2.24, 2.45) is 23.7 Å². The Morgan fingerprint density at radius 1 is 0.700 bits per heavy atom. The van der Waals surface area contributed by atoms with E-state index in [-0.39, 0.29) is 36.9 Å². The monoisotopic (exact) mass is 554 g/mol. The zero-order chi connectivity index (χ0) is 28.2.